The quantitative estimate of drug-likeness (QED) is 0.839. The highest BCUT2D eigenvalue weighted by Gasteiger charge is 2.23. The van der Waals surface area contributed by atoms with E-state index in [0.717, 1.165) is 44.0 Å². The zero-order valence-electron chi connectivity index (χ0n) is 11.2. The number of anilines is 1. The van der Waals surface area contributed by atoms with Gasteiger partial charge in [-0.05, 0) is 25.3 Å². The highest BCUT2D eigenvalue weighted by molar-refractivity contribution is 5.31. The van der Waals surface area contributed by atoms with Crippen LogP contribution in [-0.4, -0.2) is 42.8 Å². The van der Waals surface area contributed by atoms with E-state index >= 15 is 0 Å². The minimum atomic E-state index is 0.150. The first kappa shape index (κ1) is 13.2. The van der Waals surface area contributed by atoms with E-state index in [1.54, 1.807) is 7.11 Å². The molecule has 18 heavy (non-hydrogen) atoms. The lowest BCUT2D eigenvalue weighted by molar-refractivity contribution is 0.161. The summed E-state index contributed by atoms with van der Waals surface area (Å²) in [5, 5.41) is 0. The van der Waals surface area contributed by atoms with E-state index in [9.17, 15) is 0 Å². The number of ether oxygens (including phenoxy) is 1. The topological polar surface area (TPSA) is 64.3 Å². The van der Waals surface area contributed by atoms with Crippen LogP contribution >= 0.6 is 0 Å². The monoisotopic (exact) mass is 250 g/mol. The van der Waals surface area contributed by atoms with Crippen molar-refractivity contribution in [3.05, 3.63) is 18.0 Å². The highest BCUT2D eigenvalue weighted by Crippen LogP contribution is 2.20. The Morgan fingerprint density at radius 3 is 2.83 bits per heavy atom. The summed E-state index contributed by atoms with van der Waals surface area (Å²) in [4.78, 5) is 11.1. The van der Waals surface area contributed by atoms with Gasteiger partial charge in [-0.15, -0.1) is 0 Å². The van der Waals surface area contributed by atoms with Crippen LogP contribution in [0.4, 0.5) is 5.95 Å². The average molecular weight is 250 g/mol. The molecule has 2 N–H and O–H groups in total. The van der Waals surface area contributed by atoms with Gasteiger partial charge in [0.15, 0.2) is 0 Å². The molecule has 2 unspecified atom stereocenters. The lowest BCUT2D eigenvalue weighted by Crippen LogP contribution is -2.23. The van der Waals surface area contributed by atoms with E-state index < -0.39 is 0 Å². The molecule has 100 valence electrons. The number of methoxy groups -OCH3 is 1. The first-order chi connectivity index (χ1) is 8.69. The second kappa shape index (κ2) is 6.11. The summed E-state index contributed by atoms with van der Waals surface area (Å²) in [6, 6.07) is 0.150. The Bertz CT molecular complexity index is 366. The number of nitrogens with two attached hydrogens (primary N) is 1. The summed E-state index contributed by atoms with van der Waals surface area (Å²) >= 11 is 0. The van der Waals surface area contributed by atoms with Crippen molar-refractivity contribution in [2.24, 2.45) is 11.7 Å². The Hall–Kier alpha value is -1.20. The number of hydrogen-bond acceptors (Lipinski definition) is 5. The fraction of sp³-hybridized carbons (Fsp3) is 0.692. The third-order valence-electron chi connectivity index (χ3n) is 3.22. The molecular formula is C13H22N4O. The lowest BCUT2D eigenvalue weighted by Gasteiger charge is -2.16. The normalized spacial score (nSPS) is 21.3. The number of hydrogen-bond donors (Lipinski definition) is 1. The van der Waals surface area contributed by atoms with Crippen molar-refractivity contribution in [2.75, 3.05) is 31.7 Å². The van der Waals surface area contributed by atoms with Crippen molar-refractivity contribution < 1.29 is 4.74 Å². The molecule has 5 heteroatoms. The summed E-state index contributed by atoms with van der Waals surface area (Å²) in [5.41, 5.74) is 6.85. The molecule has 0 saturated carbocycles. The second-order valence-corrected chi connectivity index (χ2v) is 5.13. The molecule has 1 aliphatic rings. The van der Waals surface area contributed by atoms with Gasteiger partial charge in [0.1, 0.15) is 0 Å². The molecule has 0 radical (unpaired) electrons. The Morgan fingerprint density at radius 2 is 2.22 bits per heavy atom. The lowest BCUT2D eigenvalue weighted by atomic mass is 10.1. The number of nitrogens with zero attached hydrogens (tertiary/aromatic N) is 3. The van der Waals surface area contributed by atoms with Gasteiger partial charge in [-0.2, -0.15) is 0 Å². The van der Waals surface area contributed by atoms with E-state index in [4.69, 9.17) is 10.5 Å². The summed E-state index contributed by atoms with van der Waals surface area (Å²) in [7, 11) is 1.75. The van der Waals surface area contributed by atoms with E-state index in [1.165, 1.54) is 0 Å². The van der Waals surface area contributed by atoms with Crippen molar-refractivity contribution in [2.45, 2.75) is 25.8 Å². The molecule has 0 aliphatic carbocycles. The molecule has 1 saturated heterocycles. The molecule has 2 rings (SSSR count). The molecule has 1 fully saturated rings. The zero-order valence-corrected chi connectivity index (χ0v) is 11.2. The molecule has 1 aliphatic heterocycles. The molecule has 0 aromatic carbocycles. The van der Waals surface area contributed by atoms with Gasteiger partial charge in [-0.25, -0.2) is 9.97 Å². The minimum absolute atomic E-state index is 0.150. The Kier molecular flexibility index (Phi) is 4.49. The van der Waals surface area contributed by atoms with Crippen molar-refractivity contribution >= 4 is 5.95 Å². The molecule has 1 aromatic rings. The van der Waals surface area contributed by atoms with Gasteiger partial charge in [-0.3, -0.25) is 0 Å². The van der Waals surface area contributed by atoms with Crippen LogP contribution in [0, 0.1) is 5.92 Å². The standard InChI is InChI=1S/C13H22N4O/c1-10(14)5-12-6-15-13(16-7-12)17-4-3-11(8-17)9-18-2/h6-7,10-11H,3-5,8-9,14H2,1-2H3. The number of rotatable bonds is 5. The van der Waals surface area contributed by atoms with E-state index in [0.29, 0.717) is 5.92 Å². The number of aromatic nitrogens is 2. The Morgan fingerprint density at radius 1 is 1.50 bits per heavy atom. The summed E-state index contributed by atoms with van der Waals surface area (Å²) < 4.78 is 5.19. The molecule has 2 heterocycles. The highest BCUT2D eigenvalue weighted by atomic mass is 16.5. The van der Waals surface area contributed by atoms with E-state index in [-0.39, 0.29) is 6.04 Å². The molecule has 1 aromatic heterocycles. The molecular weight excluding hydrogens is 228 g/mol. The maximum Gasteiger partial charge on any atom is 0.225 e. The molecule has 0 bridgehead atoms. The van der Waals surface area contributed by atoms with Crippen LogP contribution in [0.2, 0.25) is 0 Å². The van der Waals surface area contributed by atoms with Gasteiger partial charge < -0.3 is 15.4 Å². The van der Waals surface area contributed by atoms with Gasteiger partial charge in [0.25, 0.3) is 0 Å². The van der Waals surface area contributed by atoms with Crippen molar-refractivity contribution in [3.8, 4) is 0 Å². The van der Waals surface area contributed by atoms with Crippen LogP contribution < -0.4 is 10.6 Å². The van der Waals surface area contributed by atoms with E-state index in [2.05, 4.69) is 14.9 Å². The fourth-order valence-corrected chi connectivity index (χ4v) is 2.37. The molecule has 2 atom stereocenters. The second-order valence-electron chi connectivity index (χ2n) is 5.13. The van der Waals surface area contributed by atoms with Gasteiger partial charge in [0.2, 0.25) is 5.95 Å². The van der Waals surface area contributed by atoms with Crippen LogP contribution in [0.3, 0.4) is 0 Å². The van der Waals surface area contributed by atoms with Gasteiger partial charge >= 0.3 is 0 Å². The minimum Gasteiger partial charge on any atom is -0.384 e. The van der Waals surface area contributed by atoms with Crippen LogP contribution in [-0.2, 0) is 11.2 Å². The van der Waals surface area contributed by atoms with Gasteiger partial charge in [0.05, 0.1) is 6.61 Å². The van der Waals surface area contributed by atoms with Gasteiger partial charge in [0, 0.05) is 44.6 Å². The molecule has 0 amide bonds. The zero-order chi connectivity index (χ0) is 13.0. The van der Waals surface area contributed by atoms with Crippen molar-refractivity contribution in [3.63, 3.8) is 0 Å². The Balaban J connectivity index is 1.94. The van der Waals surface area contributed by atoms with Crippen LogP contribution in [0.15, 0.2) is 12.4 Å². The SMILES string of the molecule is COCC1CCN(c2ncc(CC(C)N)cn2)C1. The third kappa shape index (κ3) is 3.40. The predicted molar refractivity (Wildman–Crippen MR) is 71.6 cm³/mol. The Labute approximate surface area is 108 Å². The maximum atomic E-state index is 5.76. The van der Waals surface area contributed by atoms with E-state index in [1.807, 2.05) is 19.3 Å². The smallest absolute Gasteiger partial charge is 0.225 e. The summed E-state index contributed by atoms with van der Waals surface area (Å²) in [5.74, 6) is 1.42. The maximum absolute atomic E-state index is 5.76. The van der Waals surface area contributed by atoms with Crippen LogP contribution in [0.25, 0.3) is 0 Å². The largest absolute Gasteiger partial charge is 0.384 e. The summed E-state index contributed by atoms with van der Waals surface area (Å²) in [6.45, 7) is 4.81. The average Bonchev–Trinajstić information content (AvgIpc) is 2.78. The fourth-order valence-electron chi connectivity index (χ4n) is 2.37. The molecule has 0 spiro atoms. The first-order valence-corrected chi connectivity index (χ1v) is 6.49. The third-order valence-corrected chi connectivity index (χ3v) is 3.22. The van der Waals surface area contributed by atoms with Gasteiger partial charge in [-0.1, -0.05) is 0 Å². The summed E-state index contributed by atoms with van der Waals surface area (Å²) in [6.07, 6.45) is 5.75. The van der Waals surface area contributed by atoms with Crippen LogP contribution in [0.5, 0.6) is 0 Å². The molecule has 5 nitrogen and oxygen atoms in total. The first-order valence-electron chi connectivity index (χ1n) is 6.49. The van der Waals surface area contributed by atoms with Crippen molar-refractivity contribution in [1.82, 2.24) is 9.97 Å². The predicted octanol–water partition coefficient (Wildman–Crippen LogP) is 0.839. The van der Waals surface area contributed by atoms with Crippen LogP contribution in [0.1, 0.15) is 18.9 Å². The van der Waals surface area contributed by atoms with Crippen molar-refractivity contribution in [1.29, 1.82) is 0 Å².